The molecule has 0 aromatic rings. The first-order valence-electron chi connectivity index (χ1n) is 5.52. The van der Waals surface area contributed by atoms with Gasteiger partial charge in [0.05, 0.1) is 14.0 Å². The average molecular weight is 239 g/mol. The van der Waals surface area contributed by atoms with Crippen molar-refractivity contribution in [2.24, 2.45) is 5.92 Å². The molecule has 1 aliphatic rings. The molecule has 0 nitrogen and oxygen atoms in total. The van der Waals surface area contributed by atoms with Gasteiger partial charge < -0.3 is 0 Å². The Hall–Kier alpha value is 0.797. The highest BCUT2D eigenvalue weighted by atomic mass is 35.5. The summed E-state index contributed by atoms with van der Waals surface area (Å²) in [6.45, 7) is 2.29. The Balaban J connectivity index is 2.34. The highest BCUT2D eigenvalue weighted by Crippen LogP contribution is 2.35. The second kappa shape index (κ2) is 6.31. The van der Waals surface area contributed by atoms with Crippen molar-refractivity contribution in [2.45, 2.75) is 55.4 Å². The van der Waals surface area contributed by atoms with Crippen LogP contribution >= 0.6 is 23.2 Å². The number of rotatable bonds is 4. The molecule has 0 aromatic heterocycles. The van der Waals surface area contributed by atoms with Crippen molar-refractivity contribution in [2.75, 3.05) is 0 Å². The van der Waals surface area contributed by atoms with Gasteiger partial charge in [-0.15, -0.1) is 23.2 Å². The fraction of sp³-hybridized carbons (Fsp3) is 1.00. The first kappa shape index (κ1) is 11.9. The van der Waals surface area contributed by atoms with Crippen LogP contribution in [-0.2, 0) is 0 Å². The lowest BCUT2D eigenvalue weighted by Gasteiger charge is -2.29. The molecular formula is C10H20Cl2Si. The molecule has 1 fully saturated rings. The highest BCUT2D eigenvalue weighted by molar-refractivity contribution is 6.69. The quantitative estimate of drug-likeness (QED) is 0.518. The van der Waals surface area contributed by atoms with E-state index < -0.39 is 0 Å². The molecule has 0 bridgehead atoms. The average Bonchev–Trinajstić information content (AvgIpc) is 2.15. The first-order chi connectivity index (χ1) is 6.24. The van der Waals surface area contributed by atoms with E-state index in [0.29, 0.717) is 0 Å². The fourth-order valence-corrected chi connectivity index (χ4v) is 5.55. The van der Waals surface area contributed by atoms with Gasteiger partial charge in [0.15, 0.2) is 0 Å². The van der Waals surface area contributed by atoms with E-state index in [-0.39, 0.29) is 14.0 Å². The van der Waals surface area contributed by atoms with E-state index in [1.807, 2.05) is 0 Å². The maximum atomic E-state index is 5.90. The third-order valence-electron chi connectivity index (χ3n) is 3.32. The molecule has 0 heterocycles. The normalized spacial score (nSPS) is 23.1. The minimum absolute atomic E-state index is 0.0214. The Morgan fingerprint density at radius 3 is 2.31 bits per heavy atom. The lowest BCUT2D eigenvalue weighted by atomic mass is 9.86. The Morgan fingerprint density at radius 2 is 1.85 bits per heavy atom. The van der Waals surface area contributed by atoms with Crippen LogP contribution in [0.2, 0.25) is 5.54 Å². The van der Waals surface area contributed by atoms with E-state index in [1.165, 1.54) is 38.5 Å². The lowest BCUT2D eigenvalue weighted by molar-refractivity contribution is 0.335. The van der Waals surface area contributed by atoms with Gasteiger partial charge in [-0.25, -0.2) is 0 Å². The summed E-state index contributed by atoms with van der Waals surface area (Å²) in [4.78, 5) is 0. The number of hydrogen-bond acceptors (Lipinski definition) is 0. The molecule has 1 rings (SSSR count). The summed E-state index contributed by atoms with van der Waals surface area (Å²) >= 11 is 11.8. The van der Waals surface area contributed by atoms with E-state index in [4.69, 9.17) is 23.2 Å². The maximum Gasteiger partial charge on any atom is 0.0910 e. The van der Waals surface area contributed by atoms with Gasteiger partial charge in [0, 0.05) is 0 Å². The van der Waals surface area contributed by atoms with Crippen LogP contribution < -0.4 is 0 Å². The van der Waals surface area contributed by atoms with Crippen LogP contribution in [-0.4, -0.2) is 14.0 Å². The Labute approximate surface area is 94.2 Å². The molecule has 0 radical (unpaired) electrons. The standard InChI is InChI=1S/C10H20Cl2Si/c1-2-9(13-10(11)12)8-6-4-3-5-7-8/h8-10H,2-7,13H2,1H3. The molecule has 0 aromatic carbocycles. The maximum absolute atomic E-state index is 5.90. The number of alkyl halides is 2. The Morgan fingerprint density at radius 1 is 1.23 bits per heavy atom. The molecule has 78 valence electrons. The largest absolute Gasteiger partial charge is 0.110 e. The van der Waals surface area contributed by atoms with Gasteiger partial charge in [-0.05, 0) is 11.5 Å². The molecule has 1 saturated carbocycles. The van der Waals surface area contributed by atoms with Crippen molar-refractivity contribution < 1.29 is 0 Å². The first-order valence-corrected chi connectivity index (χ1v) is 8.02. The van der Waals surface area contributed by atoms with Crippen molar-refractivity contribution in [1.82, 2.24) is 0 Å². The van der Waals surface area contributed by atoms with Crippen LogP contribution in [0.25, 0.3) is 0 Å². The summed E-state index contributed by atoms with van der Waals surface area (Å²) in [6.07, 6.45) is 8.49. The SMILES string of the molecule is CCC([SiH2]C(Cl)Cl)C1CCCCC1. The van der Waals surface area contributed by atoms with Gasteiger partial charge in [-0.2, -0.15) is 0 Å². The van der Waals surface area contributed by atoms with Gasteiger partial charge >= 0.3 is 0 Å². The molecule has 3 heteroatoms. The molecule has 0 N–H and O–H groups in total. The van der Waals surface area contributed by atoms with Crippen LogP contribution in [0, 0.1) is 5.92 Å². The number of hydrogen-bond donors (Lipinski definition) is 0. The molecule has 0 aliphatic heterocycles. The smallest absolute Gasteiger partial charge is 0.0910 e. The molecule has 13 heavy (non-hydrogen) atoms. The molecule has 1 unspecified atom stereocenters. The van der Waals surface area contributed by atoms with E-state index in [0.717, 1.165) is 11.5 Å². The minimum atomic E-state index is -0.254. The van der Waals surface area contributed by atoms with E-state index in [2.05, 4.69) is 6.92 Å². The van der Waals surface area contributed by atoms with Crippen molar-refractivity contribution >= 4 is 32.7 Å². The zero-order valence-corrected chi connectivity index (χ0v) is 11.4. The predicted molar refractivity (Wildman–Crippen MR) is 64.7 cm³/mol. The summed E-state index contributed by atoms with van der Waals surface area (Å²) in [5.74, 6) is 0.963. The summed E-state index contributed by atoms with van der Waals surface area (Å²) in [6, 6.07) is 0. The zero-order valence-electron chi connectivity index (χ0n) is 8.44. The third kappa shape index (κ3) is 4.22. The van der Waals surface area contributed by atoms with E-state index in [1.54, 1.807) is 0 Å². The van der Waals surface area contributed by atoms with Crippen LogP contribution in [0.4, 0.5) is 0 Å². The fourth-order valence-electron chi connectivity index (χ4n) is 2.53. The molecule has 0 saturated heterocycles. The van der Waals surface area contributed by atoms with Gasteiger partial charge in [0.25, 0.3) is 0 Å². The predicted octanol–water partition coefficient (Wildman–Crippen LogP) is 3.70. The molecule has 0 spiro atoms. The summed E-state index contributed by atoms with van der Waals surface area (Å²) in [5.41, 5.74) is 0.903. The summed E-state index contributed by atoms with van der Waals surface area (Å²) < 4.78 is -0.0214. The Bertz CT molecular complexity index is 133. The monoisotopic (exact) mass is 238 g/mol. The Kier molecular flexibility index (Phi) is 5.76. The van der Waals surface area contributed by atoms with Crippen molar-refractivity contribution in [3.63, 3.8) is 0 Å². The second-order valence-electron chi connectivity index (χ2n) is 4.19. The summed E-state index contributed by atoms with van der Waals surface area (Å²) in [5, 5.41) is 0. The van der Waals surface area contributed by atoms with Crippen molar-refractivity contribution in [1.29, 1.82) is 0 Å². The van der Waals surface area contributed by atoms with Crippen LogP contribution in [0.1, 0.15) is 45.4 Å². The van der Waals surface area contributed by atoms with E-state index >= 15 is 0 Å². The van der Waals surface area contributed by atoms with Gasteiger partial charge in [-0.3, -0.25) is 0 Å². The van der Waals surface area contributed by atoms with Crippen LogP contribution in [0.5, 0.6) is 0 Å². The second-order valence-corrected chi connectivity index (χ2v) is 8.84. The van der Waals surface area contributed by atoms with Gasteiger partial charge in [-0.1, -0.05) is 45.4 Å². The lowest BCUT2D eigenvalue weighted by Crippen LogP contribution is -2.21. The van der Waals surface area contributed by atoms with Crippen molar-refractivity contribution in [3.05, 3.63) is 0 Å². The van der Waals surface area contributed by atoms with Crippen molar-refractivity contribution in [3.8, 4) is 0 Å². The van der Waals surface area contributed by atoms with E-state index in [9.17, 15) is 0 Å². The van der Waals surface area contributed by atoms with Gasteiger partial charge in [0.2, 0.25) is 0 Å². The highest BCUT2D eigenvalue weighted by Gasteiger charge is 2.24. The molecule has 1 atom stereocenters. The van der Waals surface area contributed by atoms with Gasteiger partial charge in [0.1, 0.15) is 0 Å². The topological polar surface area (TPSA) is 0 Å². The summed E-state index contributed by atoms with van der Waals surface area (Å²) in [7, 11) is -0.254. The van der Waals surface area contributed by atoms with Crippen LogP contribution in [0.3, 0.4) is 0 Å². The third-order valence-corrected chi connectivity index (χ3v) is 6.60. The molecule has 0 amide bonds. The zero-order chi connectivity index (χ0) is 9.68. The number of halogens is 2. The molecule has 1 aliphatic carbocycles. The molecular weight excluding hydrogens is 219 g/mol. The van der Waals surface area contributed by atoms with Crippen LogP contribution in [0.15, 0.2) is 0 Å². The minimum Gasteiger partial charge on any atom is -0.110 e.